The van der Waals surface area contributed by atoms with Crippen molar-refractivity contribution >= 4 is 43.1 Å². The fourth-order valence-electron chi connectivity index (χ4n) is 7.21. The first kappa shape index (κ1) is 39.9. The molecule has 0 spiro atoms. The minimum absolute atomic E-state index is 0.178. The van der Waals surface area contributed by atoms with Crippen LogP contribution in [-0.4, -0.2) is 0 Å². The molecule has 0 unspecified atom stereocenters. The average Bonchev–Trinajstić information content (AvgIpc) is 3.23. The molecule has 0 amide bonds. The van der Waals surface area contributed by atoms with Gasteiger partial charge in [-0.25, -0.2) is 17.6 Å². The number of unbranched alkanes of at least 4 members (excludes halogenated alkanes) is 6. The van der Waals surface area contributed by atoms with Crippen LogP contribution in [0.15, 0.2) is 146 Å². The monoisotopic (exact) mass is 768 g/mol. The molecule has 8 rings (SSSR count). The van der Waals surface area contributed by atoms with Gasteiger partial charge in [-0.2, -0.15) is 0 Å². The van der Waals surface area contributed by atoms with Gasteiger partial charge in [-0.05, 0) is 159 Å². The summed E-state index contributed by atoms with van der Waals surface area (Å²) >= 11 is 0. The summed E-state index contributed by atoms with van der Waals surface area (Å²) in [6.45, 7) is 0. The number of hydrogen-bond donors (Lipinski definition) is 0. The lowest BCUT2D eigenvalue weighted by Gasteiger charge is -2.06. The summed E-state index contributed by atoms with van der Waals surface area (Å²) in [7, 11) is 0. The SMILES string of the molecule is Fc1ccc2cc(C#CCCCC#Cc3ccc4cc(F)ccc4c3)ccc2c1.Fc1ccc2cc(CCCCCCCc3ccc4cc(F)ccc4c3)ccc2c1. The van der Waals surface area contributed by atoms with Crippen LogP contribution in [0, 0.1) is 47.0 Å². The van der Waals surface area contributed by atoms with E-state index in [9.17, 15) is 17.6 Å². The Kier molecular flexibility index (Phi) is 13.5. The molecule has 0 saturated heterocycles. The van der Waals surface area contributed by atoms with Crippen LogP contribution in [0.25, 0.3) is 43.1 Å². The summed E-state index contributed by atoms with van der Waals surface area (Å²) in [4.78, 5) is 0. The molecular formula is C54H44F4. The smallest absolute Gasteiger partial charge is 0.123 e. The van der Waals surface area contributed by atoms with E-state index in [1.807, 2.05) is 60.7 Å². The lowest BCUT2D eigenvalue weighted by atomic mass is 10.00. The summed E-state index contributed by atoms with van der Waals surface area (Å²) in [5.74, 6) is 11.9. The molecule has 0 nitrogen and oxygen atoms in total. The van der Waals surface area contributed by atoms with Crippen molar-refractivity contribution in [2.24, 2.45) is 0 Å². The van der Waals surface area contributed by atoms with Gasteiger partial charge in [-0.15, -0.1) is 0 Å². The van der Waals surface area contributed by atoms with E-state index in [4.69, 9.17) is 0 Å². The molecule has 0 atom stereocenters. The lowest BCUT2D eigenvalue weighted by Crippen LogP contribution is -1.89. The van der Waals surface area contributed by atoms with E-state index >= 15 is 0 Å². The lowest BCUT2D eigenvalue weighted by molar-refractivity contribution is 0.614. The van der Waals surface area contributed by atoms with Crippen molar-refractivity contribution < 1.29 is 17.6 Å². The first-order valence-electron chi connectivity index (χ1n) is 20.1. The van der Waals surface area contributed by atoms with Crippen molar-refractivity contribution in [2.75, 3.05) is 0 Å². The second kappa shape index (κ2) is 19.7. The van der Waals surface area contributed by atoms with Crippen molar-refractivity contribution in [1.29, 1.82) is 0 Å². The van der Waals surface area contributed by atoms with Crippen LogP contribution >= 0.6 is 0 Å². The third kappa shape index (κ3) is 11.4. The van der Waals surface area contributed by atoms with E-state index in [1.54, 1.807) is 24.3 Å². The molecule has 0 fully saturated rings. The van der Waals surface area contributed by atoms with Crippen molar-refractivity contribution in [3.05, 3.63) is 191 Å². The second-order valence-electron chi connectivity index (χ2n) is 14.8. The maximum absolute atomic E-state index is 13.3. The summed E-state index contributed by atoms with van der Waals surface area (Å²) in [5.41, 5.74) is 4.53. The number of hydrogen-bond acceptors (Lipinski definition) is 0. The Morgan fingerprint density at radius 2 is 0.603 bits per heavy atom. The van der Waals surface area contributed by atoms with E-state index in [2.05, 4.69) is 47.9 Å². The normalized spacial score (nSPS) is 10.8. The number of benzene rings is 8. The van der Waals surface area contributed by atoms with Crippen molar-refractivity contribution in [1.82, 2.24) is 0 Å². The van der Waals surface area contributed by atoms with Crippen LogP contribution in [0.4, 0.5) is 17.6 Å². The summed E-state index contributed by atoms with van der Waals surface area (Å²) in [6, 6.07) is 43.7. The van der Waals surface area contributed by atoms with Crippen LogP contribution in [-0.2, 0) is 12.8 Å². The molecule has 4 heteroatoms. The standard InChI is InChI=1S/C27H26F2.C27H18F2/c2*28-26-14-12-22-16-20(8-10-24(22)18-26)6-4-2-1-3-5-7-21-9-11-25-19-27(29)15-13-23(25)17-21/h8-19H,1-7H2;8-19H,1-3H2. The zero-order valence-electron chi connectivity index (χ0n) is 32.4. The molecule has 0 aliphatic heterocycles. The molecule has 0 radical (unpaired) electrons. The molecule has 0 N–H and O–H groups in total. The number of aryl methyl sites for hydroxylation is 2. The molecule has 0 bridgehead atoms. The highest BCUT2D eigenvalue weighted by Crippen LogP contribution is 2.22. The molecule has 288 valence electrons. The quantitative estimate of drug-likeness (QED) is 0.0738. The van der Waals surface area contributed by atoms with Crippen LogP contribution in [0.5, 0.6) is 0 Å². The van der Waals surface area contributed by atoms with E-state index in [1.165, 1.54) is 79.6 Å². The van der Waals surface area contributed by atoms with Crippen LogP contribution < -0.4 is 0 Å². The molecule has 58 heavy (non-hydrogen) atoms. The Morgan fingerprint density at radius 1 is 0.293 bits per heavy atom. The minimum Gasteiger partial charge on any atom is -0.207 e. The third-order valence-electron chi connectivity index (χ3n) is 10.3. The van der Waals surface area contributed by atoms with Crippen LogP contribution in [0.3, 0.4) is 0 Å². The van der Waals surface area contributed by atoms with Crippen molar-refractivity contribution in [3.63, 3.8) is 0 Å². The molecule has 8 aromatic rings. The average molecular weight is 769 g/mol. The zero-order chi connectivity index (χ0) is 40.1. The maximum atomic E-state index is 13.3. The molecule has 0 aromatic heterocycles. The number of fused-ring (bicyclic) bond motifs is 4. The zero-order valence-corrected chi connectivity index (χ0v) is 32.4. The largest absolute Gasteiger partial charge is 0.207 e. The Bertz CT molecular complexity index is 2620. The topological polar surface area (TPSA) is 0 Å². The van der Waals surface area contributed by atoms with Gasteiger partial charge >= 0.3 is 0 Å². The Labute approximate surface area is 338 Å². The highest BCUT2D eigenvalue weighted by molar-refractivity contribution is 5.86. The molecule has 0 aliphatic rings. The highest BCUT2D eigenvalue weighted by Gasteiger charge is 2.02. The molecule has 0 aliphatic carbocycles. The minimum atomic E-state index is -0.227. The number of rotatable bonds is 10. The van der Waals surface area contributed by atoms with Gasteiger partial charge in [0, 0.05) is 24.0 Å². The van der Waals surface area contributed by atoms with Gasteiger partial charge in [0.15, 0.2) is 0 Å². The van der Waals surface area contributed by atoms with Gasteiger partial charge < -0.3 is 0 Å². The van der Waals surface area contributed by atoms with Crippen molar-refractivity contribution in [3.8, 4) is 23.7 Å². The predicted molar refractivity (Wildman–Crippen MR) is 234 cm³/mol. The Morgan fingerprint density at radius 3 is 1.00 bits per heavy atom. The molecule has 0 saturated carbocycles. The van der Waals surface area contributed by atoms with Gasteiger partial charge in [0.2, 0.25) is 0 Å². The van der Waals surface area contributed by atoms with E-state index < -0.39 is 0 Å². The van der Waals surface area contributed by atoms with Crippen LogP contribution in [0.2, 0.25) is 0 Å². The number of halogens is 4. The molecule has 8 aromatic carbocycles. The summed E-state index contributed by atoms with van der Waals surface area (Å²) in [5, 5.41) is 7.89. The first-order valence-corrected chi connectivity index (χ1v) is 20.1. The predicted octanol–water partition coefficient (Wildman–Crippen LogP) is 14.9. The Balaban J connectivity index is 0.000000177. The second-order valence-corrected chi connectivity index (χ2v) is 14.8. The fraction of sp³-hybridized carbons (Fsp3) is 0.185. The van der Waals surface area contributed by atoms with Gasteiger partial charge in [0.05, 0.1) is 0 Å². The fourth-order valence-corrected chi connectivity index (χ4v) is 7.21. The van der Waals surface area contributed by atoms with Crippen molar-refractivity contribution in [2.45, 2.75) is 64.2 Å². The first-order chi connectivity index (χ1) is 28.3. The third-order valence-corrected chi connectivity index (χ3v) is 10.3. The summed E-state index contributed by atoms with van der Waals surface area (Å²) < 4.78 is 53.0. The van der Waals surface area contributed by atoms with E-state index in [-0.39, 0.29) is 23.3 Å². The van der Waals surface area contributed by atoms with E-state index in [0.29, 0.717) is 0 Å². The molecule has 0 heterocycles. The van der Waals surface area contributed by atoms with E-state index in [0.717, 1.165) is 86.3 Å². The molecular weight excluding hydrogens is 725 g/mol. The summed E-state index contributed by atoms with van der Waals surface area (Å²) in [6.07, 6.45) is 10.7. The maximum Gasteiger partial charge on any atom is 0.123 e. The Hall–Kier alpha value is -6.36. The van der Waals surface area contributed by atoms with Crippen LogP contribution in [0.1, 0.15) is 73.6 Å². The highest BCUT2D eigenvalue weighted by atomic mass is 19.1. The van der Waals surface area contributed by atoms with Gasteiger partial charge in [0.1, 0.15) is 23.3 Å². The van der Waals surface area contributed by atoms with Gasteiger partial charge in [0.25, 0.3) is 0 Å². The van der Waals surface area contributed by atoms with Gasteiger partial charge in [-0.1, -0.05) is 116 Å². The van der Waals surface area contributed by atoms with Gasteiger partial charge in [-0.3, -0.25) is 0 Å².